The van der Waals surface area contributed by atoms with Gasteiger partial charge in [-0.15, -0.1) is 0 Å². The van der Waals surface area contributed by atoms with Gasteiger partial charge < -0.3 is 9.47 Å². The molecule has 3 aromatic rings. The van der Waals surface area contributed by atoms with E-state index >= 15 is 0 Å². The third-order valence-electron chi connectivity index (χ3n) is 3.97. The zero-order chi connectivity index (χ0) is 20.1. The van der Waals surface area contributed by atoms with Crippen LogP contribution in [0.25, 0.3) is 0 Å². The van der Waals surface area contributed by atoms with Gasteiger partial charge in [-0.25, -0.2) is 4.79 Å². The fraction of sp³-hybridized carbons (Fsp3) is 0.0476. The maximum atomic E-state index is 12.5. The Morgan fingerprint density at radius 2 is 1.54 bits per heavy atom. The number of ether oxygens (including phenoxy) is 2. The summed E-state index contributed by atoms with van der Waals surface area (Å²) in [5.74, 6) is -0.954. The lowest BCUT2D eigenvalue weighted by atomic mass is 10.0. The van der Waals surface area contributed by atoms with E-state index in [1.54, 1.807) is 42.5 Å². The van der Waals surface area contributed by atoms with Crippen molar-refractivity contribution >= 4 is 17.4 Å². The molecule has 0 aliphatic rings. The first kappa shape index (κ1) is 18.8. The topological polar surface area (TPSA) is 95.7 Å². The molecule has 7 heteroatoms. The summed E-state index contributed by atoms with van der Waals surface area (Å²) in [5.41, 5.74) is 0.318. The molecule has 0 saturated carbocycles. The number of benzene rings is 3. The number of methoxy groups -OCH3 is 1. The monoisotopic (exact) mass is 377 g/mol. The summed E-state index contributed by atoms with van der Waals surface area (Å²) >= 11 is 0. The molecule has 0 fully saturated rings. The van der Waals surface area contributed by atoms with E-state index in [0.29, 0.717) is 5.56 Å². The van der Waals surface area contributed by atoms with E-state index in [-0.39, 0.29) is 34.1 Å². The number of carbonyl (C=O) groups is 2. The second-order valence-corrected chi connectivity index (χ2v) is 5.72. The Balaban J connectivity index is 1.99. The summed E-state index contributed by atoms with van der Waals surface area (Å²) in [5, 5.41) is 11.5. The molecule has 140 valence electrons. The number of hydrogen-bond donors (Lipinski definition) is 0. The van der Waals surface area contributed by atoms with Crippen molar-refractivity contribution in [2.24, 2.45) is 0 Å². The molecule has 7 nitrogen and oxygen atoms in total. The van der Waals surface area contributed by atoms with Crippen molar-refractivity contribution in [3.05, 3.63) is 99.6 Å². The summed E-state index contributed by atoms with van der Waals surface area (Å²) in [4.78, 5) is 35.3. The lowest BCUT2D eigenvalue weighted by molar-refractivity contribution is -0.385. The SMILES string of the molecule is COC(=O)c1ccccc1Oc1ccc(C(=O)c2ccccc2)cc1[N+](=O)[O-]. The van der Waals surface area contributed by atoms with Crippen LogP contribution in [0.2, 0.25) is 0 Å². The minimum absolute atomic E-state index is 0.0917. The summed E-state index contributed by atoms with van der Waals surface area (Å²) < 4.78 is 10.3. The highest BCUT2D eigenvalue weighted by atomic mass is 16.6. The van der Waals surface area contributed by atoms with Crippen molar-refractivity contribution in [3.63, 3.8) is 0 Å². The van der Waals surface area contributed by atoms with Crippen molar-refractivity contribution in [2.45, 2.75) is 0 Å². The van der Waals surface area contributed by atoms with Crippen LogP contribution in [0, 0.1) is 10.1 Å². The van der Waals surface area contributed by atoms with Gasteiger partial charge in [0, 0.05) is 17.2 Å². The number of nitro benzene ring substituents is 1. The molecular formula is C21H15NO6. The molecule has 0 atom stereocenters. The van der Waals surface area contributed by atoms with Gasteiger partial charge in [-0.3, -0.25) is 14.9 Å². The first-order valence-electron chi connectivity index (χ1n) is 8.24. The zero-order valence-corrected chi connectivity index (χ0v) is 14.8. The molecule has 0 spiro atoms. The molecule has 0 N–H and O–H groups in total. The van der Waals surface area contributed by atoms with E-state index in [9.17, 15) is 19.7 Å². The quantitative estimate of drug-likeness (QED) is 0.273. The van der Waals surface area contributed by atoms with Gasteiger partial charge in [0.1, 0.15) is 11.3 Å². The lowest BCUT2D eigenvalue weighted by Crippen LogP contribution is -2.05. The second-order valence-electron chi connectivity index (χ2n) is 5.72. The number of esters is 1. The van der Waals surface area contributed by atoms with E-state index in [1.165, 1.54) is 31.4 Å². The van der Waals surface area contributed by atoms with Gasteiger partial charge >= 0.3 is 11.7 Å². The van der Waals surface area contributed by atoms with Crippen LogP contribution in [0.4, 0.5) is 5.69 Å². The molecule has 0 aliphatic carbocycles. The third-order valence-corrected chi connectivity index (χ3v) is 3.97. The zero-order valence-electron chi connectivity index (χ0n) is 14.8. The highest BCUT2D eigenvalue weighted by Gasteiger charge is 2.22. The third kappa shape index (κ3) is 3.88. The number of nitro groups is 1. The van der Waals surface area contributed by atoms with Gasteiger partial charge in [-0.2, -0.15) is 0 Å². The fourth-order valence-corrected chi connectivity index (χ4v) is 2.60. The number of ketones is 1. The normalized spacial score (nSPS) is 10.2. The van der Waals surface area contributed by atoms with Crippen LogP contribution in [0.15, 0.2) is 72.8 Å². The van der Waals surface area contributed by atoms with E-state index in [4.69, 9.17) is 9.47 Å². The Morgan fingerprint density at radius 1 is 0.857 bits per heavy atom. The summed E-state index contributed by atoms with van der Waals surface area (Å²) in [6, 6.07) is 18.6. The highest BCUT2D eigenvalue weighted by Crippen LogP contribution is 2.34. The molecule has 0 bridgehead atoms. The van der Waals surface area contributed by atoms with Crippen molar-refractivity contribution in [2.75, 3.05) is 7.11 Å². The van der Waals surface area contributed by atoms with Crippen LogP contribution in [0.3, 0.4) is 0 Å². The van der Waals surface area contributed by atoms with Gasteiger partial charge in [0.2, 0.25) is 5.75 Å². The molecule has 0 amide bonds. The number of hydrogen-bond acceptors (Lipinski definition) is 6. The number of rotatable bonds is 6. The Morgan fingerprint density at radius 3 is 2.21 bits per heavy atom. The molecule has 0 aliphatic heterocycles. The van der Waals surface area contributed by atoms with Crippen LogP contribution in [-0.4, -0.2) is 23.8 Å². The second kappa shape index (κ2) is 8.13. The van der Waals surface area contributed by atoms with Gasteiger partial charge in [-0.1, -0.05) is 42.5 Å². The molecule has 0 radical (unpaired) electrons. The van der Waals surface area contributed by atoms with Crippen molar-refractivity contribution in [1.29, 1.82) is 0 Å². The number of nitrogens with zero attached hydrogens (tertiary/aromatic N) is 1. The Labute approximate surface area is 160 Å². The maximum absolute atomic E-state index is 12.5. The van der Waals surface area contributed by atoms with Crippen molar-refractivity contribution in [3.8, 4) is 11.5 Å². The van der Waals surface area contributed by atoms with Gasteiger partial charge in [0.25, 0.3) is 0 Å². The first-order valence-corrected chi connectivity index (χ1v) is 8.24. The fourth-order valence-electron chi connectivity index (χ4n) is 2.60. The van der Waals surface area contributed by atoms with E-state index in [2.05, 4.69) is 0 Å². The van der Waals surface area contributed by atoms with Crippen LogP contribution in [0.5, 0.6) is 11.5 Å². The molecule has 0 saturated heterocycles. The molecule has 0 aromatic heterocycles. The molecule has 0 unspecified atom stereocenters. The minimum atomic E-state index is -0.641. The van der Waals surface area contributed by atoms with E-state index in [1.807, 2.05) is 0 Å². The van der Waals surface area contributed by atoms with Gasteiger partial charge in [0.05, 0.1) is 12.0 Å². The predicted octanol–water partition coefficient (Wildman–Crippen LogP) is 4.40. The summed E-state index contributed by atoms with van der Waals surface area (Å²) in [6.07, 6.45) is 0. The predicted molar refractivity (Wildman–Crippen MR) is 101 cm³/mol. The molecule has 0 heterocycles. The van der Waals surface area contributed by atoms with E-state index in [0.717, 1.165) is 6.07 Å². The Kier molecular flexibility index (Phi) is 5.45. The van der Waals surface area contributed by atoms with Crippen LogP contribution < -0.4 is 4.74 Å². The molecule has 3 rings (SSSR count). The molecule has 3 aromatic carbocycles. The smallest absolute Gasteiger partial charge is 0.341 e. The van der Waals surface area contributed by atoms with E-state index < -0.39 is 10.9 Å². The molecule has 28 heavy (non-hydrogen) atoms. The van der Waals surface area contributed by atoms with Crippen molar-refractivity contribution in [1.82, 2.24) is 0 Å². The molecular weight excluding hydrogens is 362 g/mol. The summed E-state index contributed by atoms with van der Waals surface area (Å²) in [7, 11) is 1.23. The number of carbonyl (C=O) groups excluding carboxylic acids is 2. The van der Waals surface area contributed by atoms with Crippen LogP contribution in [0.1, 0.15) is 26.3 Å². The Bertz CT molecular complexity index is 1050. The van der Waals surface area contributed by atoms with Crippen molar-refractivity contribution < 1.29 is 24.0 Å². The lowest BCUT2D eigenvalue weighted by Gasteiger charge is -2.11. The standard InChI is InChI=1S/C21H15NO6/c1-27-21(24)16-9-5-6-10-18(16)28-19-12-11-15(13-17(19)22(25)26)20(23)14-7-3-2-4-8-14/h2-13H,1H3. The van der Waals surface area contributed by atoms with Gasteiger partial charge in [-0.05, 0) is 24.3 Å². The average Bonchev–Trinajstić information content (AvgIpc) is 2.73. The Hall–Kier alpha value is -4.00. The first-order chi connectivity index (χ1) is 13.5. The highest BCUT2D eigenvalue weighted by molar-refractivity contribution is 6.09. The largest absolute Gasteiger partial charge is 0.465 e. The van der Waals surface area contributed by atoms with Gasteiger partial charge in [0.15, 0.2) is 5.78 Å². The number of para-hydroxylation sites is 1. The van der Waals surface area contributed by atoms with Crippen LogP contribution in [-0.2, 0) is 4.74 Å². The minimum Gasteiger partial charge on any atom is -0.465 e. The maximum Gasteiger partial charge on any atom is 0.341 e. The van der Waals surface area contributed by atoms with Crippen LogP contribution >= 0.6 is 0 Å². The average molecular weight is 377 g/mol. The summed E-state index contributed by atoms with van der Waals surface area (Å²) in [6.45, 7) is 0.